The second-order valence-corrected chi connectivity index (χ2v) is 12.6. The number of hydrogen-bond acceptors (Lipinski definition) is 11. The number of hydrogen-bond donors (Lipinski definition) is 2. The summed E-state index contributed by atoms with van der Waals surface area (Å²) in [5, 5.41) is 18.3. The lowest BCUT2D eigenvalue weighted by atomic mass is 9.91. The summed E-state index contributed by atoms with van der Waals surface area (Å²) in [6.45, 7) is 6.34. The Morgan fingerprint density at radius 2 is 1.87 bits per heavy atom. The van der Waals surface area contributed by atoms with Crippen LogP contribution in [-0.4, -0.2) is 76.0 Å². The van der Waals surface area contributed by atoms with Crippen molar-refractivity contribution in [2.45, 2.75) is 50.0 Å². The standard InChI is InChI=1S/C32H32N6O8/c1-31(2,3)46-30(42)38-23-10-16(21-12-32(21)20-11-18(43-4)7-9-22(20)37(28(32)39)29(40)41)6-8-19(23)26(36-38)35-27-24(44-5)13-33-25(34-27)17-14-45-15-17/h6-11,13,17,21H,12,14-15H2,1-5H3,(H,40,41)(H,33,34,35,36)/t21-,32-/m0/s1. The van der Waals surface area contributed by atoms with Gasteiger partial charge in [0.2, 0.25) is 5.91 Å². The Bertz CT molecular complexity index is 1930. The van der Waals surface area contributed by atoms with Crippen LogP contribution in [0.3, 0.4) is 0 Å². The number of aromatic nitrogens is 4. The van der Waals surface area contributed by atoms with E-state index in [1.807, 2.05) is 12.1 Å². The Labute approximate surface area is 263 Å². The van der Waals surface area contributed by atoms with Crippen molar-refractivity contribution in [1.29, 1.82) is 0 Å². The number of carbonyl (C=O) groups excluding carboxylic acids is 2. The molecule has 1 spiro atoms. The first-order chi connectivity index (χ1) is 21.9. The lowest BCUT2D eigenvalue weighted by Crippen LogP contribution is -2.36. The van der Waals surface area contributed by atoms with Gasteiger partial charge in [-0.25, -0.2) is 24.5 Å². The van der Waals surface area contributed by atoms with Crippen LogP contribution in [0.25, 0.3) is 10.9 Å². The summed E-state index contributed by atoms with van der Waals surface area (Å²) in [6.07, 6.45) is -0.0776. The number of anilines is 3. The SMILES string of the molecule is COc1ccc2c(c1)[C@]1(C[C@H]1c1ccc3c(Nc4nc(C5COC5)ncc4OC)nn(C(=O)OC(C)(C)C)c3c1)C(=O)N2C(=O)O. The third-order valence-corrected chi connectivity index (χ3v) is 8.57. The number of imide groups is 1. The van der Waals surface area contributed by atoms with Gasteiger partial charge in [0.1, 0.15) is 17.2 Å². The molecule has 2 atom stereocenters. The van der Waals surface area contributed by atoms with Gasteiger partial charge in [-0.3, -0.25) is 4.79 Å². The predicted molar refractivity (Wildman–Crippen MR) is 164 cm³/mol. The van der Waals surface area contributed by atoms with Gasteiger partial charge in [0.05, 0.1) is 56.2 Å². The minimum Gasteiger partial charge on any atom is -0.497 e. The molecule has 14 nitrogen and oxygen atoms in total. The van der Waals surface area contributed by atoms with Gasteiger partial charge < -0.3 is 29.4 Å². The molecule has 1 aliphatic carbocycles. The molecule has 46 heavy (non-hydrogen) atoms. The van der Waals surface area contributed by atoms with E-state index in [-0.39, 0.29) is 11.8 Å². The number of nitrogens with zero attached hydrogens (tertiary/aromatic N) is 5. The number of amides is 2. The first-order valence-corrected chi connectivity index (χ1v) is 14.7. The van der Waals surface area contributed by atoms with Gasteiger partial charge in [0.15, 0.2) is 17.4 Å². The molecule has 2 fully saturated rings. The van der Waals surface area contributed by atoms with E-state index < -0.39 is 29.1 Å². The second kappa shape index (κ2) is 10.4. The highest BCUT2D eigenvalue weighted by molar-refractivity contribution is 6.22. The van der Waals surface area contributed by atoms with Crippen LogP contribution >= 0.6 is 0 Å². The molecule has 4 aromatic rings. The summed E-state index contributed by atoms with van der Waals surface area (Å²) in [6, 6.07) is 10.4. The molecular weight excluding hydrogens is 596 g/mol. The Morgan fingerprint density at radius 1 is 1.09 bits per heavy atom. The minimum atomic E-state index is -1.35. The fourth-order valence-corrected chi connectivity index (χ4v) is 6.21. The Balaban J connectivity index is 1.31. The average molecular weight is 629 g/mol. The van der Waals surface area contributed by atoms with Crippen molar-refractivity contribution in [2.75, 3.05) is 37.7 Å². The largest absolute Gasteiger partial charge is 0.497 e. The predicted octanol–water partition coefficient (Wildman–Crippen LogP) is 4.93. The zero-order valence-corrected chi connectivity index (χ0v) is 25.9. The fourth-order valence-electron chi connectivity index (χ4n) is 6.21. The van der Waals surface area contributed by atoms with E-state index >= 15 is 0 Å². The normalized spacial score (nSPS) is 20.4. The maximum absolute atomic E-state index is 13.7. The number of methoxy groups -OCH3 is 2. The van der Waals surface area contributed by atoms with E-state index in [4.69, 9.17) is 18.9 Å². The number of carbonyl (C=O) groups is 3. The average Bonchev–Trinajstić information content (AvgIpc) is 3.57. The van der Waals surface area contributed by atoms with Crippen LogP contribution in [0.5, 0.6) is 11.5 Å². The van der Waals surface area contributed by atoms with Crippen molar-refractivity contribution in [3.8, 4) is 11.5 Å². The number of nitrogens with one attached hydrogen (secondary N) is 1. The number of benzene rings is 2. The van der Waals surface area contributed by atoms with Crippen molar-refractivity contribution in [3.63, 3.8) is 0 Å². The molecule has 2 aliphatic heterocycles. The smallest absolute Gasteiger partial charge is 0.435 e. The second-order valence-electron chi connectivity index (χ2n) is 12.6. The van der Waals surface area contributed by atoms with Gasteiger partial charge in [-0.2, -0.15) is 4.68 Å². The lowest BCUT2D eigenvalue weighted by Gasteiger charge is -2.24. The van der Waals surface area contributed by atoms with Crippen molar-refractivity contribution in [2.24, 2.45) is 0 Å². The lowest BCUT2D eigenvalue weighted by molar-refractivity contribution is -0.119. The number of fused-ring (bicyclic) bond motifs is 3. The monoisotopic (exact) mass is 628 g/mol. The van der Waals surface area contributed by atoms with Crippen LogP contribution in [-0.2, 0) is 19.7 Å². The molecule has 0 bridgehead atoms. The van der Waals surface area contributed by atoms with E-state index in [0.29, 0.717) is 70.7 Å². The third kappa shape index (κ3) is 4.59. The van der Waals surface area contributed by atoms with E-state index in [2.05, 4.69) is 20.4 Å². The van der Waals surface area contributed by atoms with Gasteiger partial charge in [0, 0.05) is 11.3 Å². The van der Waals surface area contributed by atoms with Crippen LogP contribution in [0.1, 0.15) is 56.0 Å². The Hall–Kier alpha value is -5.24. The molecule has 2 amide bonds. The molecule has 2 N–H and O–H groups in total. The molecule has 4 heterocycles. The Kier molecular flexibility index (Phi) is 6.67. The van der Waals surface area contributed by atoms with Crippen LogP contribution in [0, 0.1) is 0 Å². The molecule has 14 heteroatoms. The van der Waals surface area contributed by atoms with Crippen LogP contribution in [0.2, 0.25) is 0 Å². The van der Waals surface area contributed by atoms with Gasteiger partial charge in [-0.1, -0.05) is 6.07 Å². The van der Waals surface area contributed by atoms with Gasteiger partial charge in [0.25, 0.3) is 0 Å². The van der Waals surface area contributed by atoms with E-state index in [9.17, 15) is 19.5 Å². The van der Waals surface area contributed by atoms with Crippen LogP contribution in [0.4, 0.5) is 26.9 Å². The molecular formula is C32H32N6O8. The molecule has 7 rings (SSSR count). The van der Waals surface area contributed by atoms with Crippen molar-refractivity contribution in [3.05, 3.63) is 59.5 Å². The summed E-state index contributed by atoms with van der Waals surface area (Å²) in [5.41, 5.74) is 0.211. The third-order valence-electron chi connectivity index (χ3n) is 8.57. The Morgan fingerprint density at radius 3 is 2.52 bits per heavy atom. The van der Waals surface area contributed by atoms with Gasteiger partial charge in [-0.15, -0.1) is 5.10 Å². The summed E-state index contributed by atoms with van der Waals surface area (Å²) in [7, 11) is 3.02. The zero-order chi connectivity index (χ0) is 32.5. The molecule has 1 saturated carbocycles. The maximum Gasteiger partial charge on any atom is 0.435 e. The number of rotatable bonds is 6. The summed E-state index contributed by atoms with van der Waals surface area (Å²) < 4.78 is 23.1. The van der Waals surface area contributed by atoms with Gasteiger partial charge >= 0.3 is 12.2 Å². The molecule has 0 radical (unpaired) electrons. The minimum absolute atomic E-state index is 0.0661. The van der Waals surface area contributed by atoms with Crippen molar-refractivity contribution >= 4 is 46.3 Å². The molecule has 1 saturated heterocycles. The first kappa shape index (κ1) is 29.5. The van der Waals surface area contributed by atoms with E-state index in [1.54, 1.807) is 51.2 Å². The van der Waals surface area contributed by atoms with Crippen LogP contribution in [0.15, 0.2) is 42.6 Å². The zero-order valence-electron chi connectivity index (χ0n) is 25.9. The van der Waals surface area contributed by atoms with E-state index in [1.165, 1.54) is 18.9 Å². The van der Waals surface area contributed by atoms with Gasteiger partial charge in [-0.05, 0) is 68.7 Å². The number of ether oxygens (including phenoxy) is 4. The van der Waals surface area contributed by atoms with Crippen molar-refractivity contribution in [1.82, 2.24) is 19.7 Å². The quantitative estimate of drug-likeness (QED) is 0.296. The molecule has 3 aliphatic rings. The summed E-state index contributed by atoms with van der Waals surface area (Å²) in [4.78, 5) is 49.2. The van der Waals surface area contributed by atoms with Crippen molar-refractivity contribution < 1.29 is 38.4 Å². The fraction of sp³-hybridized carbons (Fsp3) is 0.375. The molecule has 0 unspecified atom stereocenters. The number of carboxylic acid groups (broad SMARTS) is 1. The maximum atomic E-state index is 13.7. The molecule has 238 valence electrons. The molecule has 2 aromatic carbocycles. The van der Waals surface area contributed by atoms with Crippen LogP contribution < -0.4 is 19.7 Å². The summed E-state index contributed by atoms with van der Waals surface area (Å²) in [5.74, 6) is 1.40. The molecule has 2 aromatic heterocycles. The highest BCUT2D eigenvalue weighted by Gasteiger charge is 2.68. The summed E-state index contributed by atoms with van der Waals surface area (Å²) >= 11 is 0. The van der Waals surface area contributed by atoms with E-state index in [0.717, 1.165) is 10.5 Å². The highest BCUT2D eigenvalue weighted by Crippen LogP contribution is 2.67. The highest BCUT2D eigenvalue weighted by atomic mass is 16.6. The topological polar surface area (TPSA) is 167 Å². The first-order valence-electron chi connectivity index (χ1n) is 14.7.